The highest BCUT2D eigenvalue weighted by atomic mass is 16.2. The van der Waals surface area contributed by atoms with Crippen molar-refractivity contribution >= 4 is 11.8 Å². The third kappa shape index (κ3) is 29.8. The van der Waals surface area contributed by atoms with Crippen LogP contribution in [0, 0.1) is 5.92 Å². The minimum Gasteiger partial charge on any atom is -0.322 e. The number of hydrogen-bond donors (Lipinski definition) is 2. The highest BCUT2D eigenvalue weighted by Gasteiger charge is 2.09. The van der Waals surface area contributed by atoms with Gasteiger partial charge in [0.05, 0.1) is 6.54 Å². The summed E-state index contributed by atoms with van der Waals surface area (Å²) in [6.45, 7) is 4.49. The van der Waals surface area contributed by atoms with E-state index in [-0.39, 0.29) is 12.5 Å². The van der Waals surface area contributed by atoms with Crippen molar-refractivity contribution in [3.63, 3.8) is 0 Å². The molecule has 0 unspecified atom stereocenters. The van der Waals surface area contributed by atoms with Crippen LogP contribution in [0.4, 0.5) is 0 Å². The number of nitrogens with one attached hydrogen (secondary N) is 1. The van der Waals surface area contributed by atoms with Crippen LogP contribution in [0.2, 0.25) is 0 Å². The summed E-state index contributed by atoms with van der Waals surface area (Å²) in [5, 5.41) is 2.30. The van der Waals surface area contributed by atoms with Crippen molar-refractivity contribution in [3.8, 4) is 0 Å². The highest BCUT2D eigenvalue weighted by molar-refractivity contribution is 5.95. The van der Waals surface area contributed by atoms with E-state index >= 15 is 0 Å². The largest absolute Gasteiger partial charge is 0.322 e. The molecule has 0 bridgehead atoms. The fourth-order valence-corrected chi connectivity index (χ4v) is 5.67. The molecule has 40 heavy (non-hydrogen) atoms. The molecule has 0 spiro atoms. The van der Waals surface area contributed by atoms with Crippen LogP contribution in [-0.4, -0.2) is 18.4 Å². The van der Waals surface area contributed by atoms with Gasteiger partial charge in [0.25, 0.3) is 0 Å². The highest BCUT2D eigenvalue weighted by Crippen LogP contribution is 2.25. The summed E-state index contributed by atoms with van der Waals surface area (Å²) >= 11 is 0. The summed E-state index contributed by atoms with van der Waals surface area (Å²) in [5.74, 6) is 0.402. The zero-order valence-corrected chi connectivity index (χ0v) is 27.1. The normalized spacial score (nSPS) is 11.6. The molecule has 4 heteroatoms. The van der Waals surface area contributed by atoms with Crippen LogP contribution in [0.15, 0.2) is 12.2 Å². The zero-order chi connectivity index (χ0) is 29.4. The number of allylic oxidation sites excluding steroid dienone is 2. The lowest BCUT2D eigenvalue weighted by Gasteiger charge is -2.17. The molecule has 0 saturated carbocycles. The molecule has 236 valence electrons. The number of carbonyl (C=O) groups excluding carboxylic acids is 2. The van der Waals surface area contributed by atoms with E-state index in [9.17, 15) is 9.59 Å². The van der Waals surface area contributed by atoms with Crippen molar-refractivity contribution in [1.82, 2.24) is 5.32 Å². The molecule has 4 nitrogen and oxygen atoms in total. The number of hydrogen-bond acceptors (Lipinski definition) is 3. The van der Waals surface area contributed by atoms with E-state index in [4.69, 9.17) is 5.73 Å². The van der Waals surface area contributed by atoms with Crippen molar-refractivity contribution < 1.29 is 9.59 Å². The number of amides is 2. The van der Waals surface area contributed by atoms with Crippen LogP contribution >= 0.6 is 0 Å². The van der Waals surface area contributed by atoms with Gasteiger partial charge in [-0.2, -0.15) is 0 Å². The number of nitrogens with two attached hydrogens (primary N) is 1. The summed E-state index contributed by atoms with van der Waals surface area (Å²) in [6, 6.07) is 0. The van der Waals surface area contributed by atoms with Gasteiger partial charge in [0, 0.05) is 6.42 Å². The molecule has 0 aliphatic heterocycles. The Balaban J connectivity index is 3.70. The second-order valence-corrected chi connectivity index (χ2v) is 12.3. The predicted octanol–water partition coefficient (Wildman–Crippen LogP) is 10.7. The maximum atomic E-state index is 11.5. The topological polar surface area (TPSA) is 72.2 Å². The van der Waals surface area contributed by atoms with E-state index in [1.165, 1.54) is 154 Å². The van der Waals surface area contributed by atoms with Crippen LogP contribution in [0.5, 0.6) is 0 Å². The number of carbonyl (C=O) groups is 2. The molecule has 0 rings (SSSR count). The monoisotopic (exact) mass is 563 g/mol. The maximum Gasteiger partial charge on any atom is 0.240 e. The van der Waals surface area contributed by atoms with Gasteiger partial charge in [0.1, 0.15) is 0 Å². The van der Waals surface area contributed by atoms with Crippen LogP contribution in [0.25, 0.3) is 0 Å². The summed E-state index contributed by atoms with van der Waals surface area (Å²) in [4.78, 5) is 22.6. The maximum absolute atomic E-state index is 11.5. The van der Waals surface area contributed by atoms with Crippen molar-refractivity contribution in [1.29, 1.82) is 0 Å². The van der Waals surface area contributed by atoms with Gasteiger partial charge in [-0.1, -0.05) is 167 Å². The van der Waals surface area contributed by atoms with Gasteiger partial charge in [-0.25, -0.2) is 0 Å². The zero-order valence-electron chi connectivity index (χ0n) is 27.1. The summed E-state index contributed by atoms with van der Waals surface area (Å²) in [5.41, 5.74) is 5.19. The van der Waals surface area contributed by atoms with Crippen molar-refractivity contribution in [3.05, 3.63) is 12.2 Å². The van der Waals surface area contributed by atoms with Crippen LogP contribution in [-0.2, 0) is 9.59 Å². The van der Waals surface area contributed by atoms with Gasteiger partial charge in [-0.05, 0) is 38.0 Å². The Kier molecular flexibility index (Phi) is 31.4. The second kappa shape index (κ2) is 32.4. The second-order valence-electron chi connectivity index (χ2n) is 12.3. The first kappa shape index (κ1) is 38.8. The molecule has 0 aliphatic carbocycles. The van der Waals surface area contributed by atoms with E-state index in [0.717, 1.165) is 25.2 Å². The smallest absolute Gasteiger partial charge is 0.240 e. The summed E-state index contributed by atoms with van der Waals surface area (Å²) in [6.07, 6.45) is 41.7. The van der Waals surface area contributed by atoms with Crippen molar-refractivity contribution in [2.45, 2.75) is 194 Å². The molecule has 0 atom stereocenters. The molecule has 0 fully saturated rings. The van der Waals surface area contributed by atoms with E-state index in [2.05, 4.69) is 31.3 Å². The van der Waals surface area contributed by atoms with Gasteiger partial charge >= 0.3 is 0 Å². The molecule has 3 N–H and O–H groups in total. The summed E-state index contributed by atoms with van der Waals surface area (Å²) in [7, 11) is 0. The van der Waals surface area contributed by atoms with Gasteiger partial charge in [-0.3, -0.25) is 14.9 Å². The molecule has 2 amide bonds. The third-order valence-corrected chi connectivity index (χ3v) is 8.32. The third-order valence-electron chi connectivity index (χ3n) is 8.32. The van der Waals surface area contributed by atoms with Crippen molar-refractivity contribution in [2.75, 3.05) is 6.54 Å². The SMILES string of the molecule is CCCCCCCCC(CCCCCCCC)CCCCCCC/C=C\CCCCCCCC(=O)NC(=O)CN. The van der Waals surface area contributed by atoms with E-state index in [0.29, 0.717) is 6.42 Å². The van der Waals surface area contributed by atoms with E-state index in [1.807, 2.05) is 0 Å². The molecular formula is C36H70N2O2. The fraction of sp³-hybridized carbons (Fsp3) is 0.889. The molecule has 0 saturated heterocycles. The molecule has 0 aliphatic rings. The van der Waals surface area contributed by atoms with Gasteiger partial charge in [0.2, 0.25) is 11.8 Å². The Labute approximate surface area is 250 Å². The lowest BCUT2D eigenvalue weighted by atomic mass is 9.89. The van der Waals surface area contributed by atoms with Gasteiger partial charge in [-0.15, -0.1) is 0 Å². The van der Waals surface area contributed by atoms with Gasteiger partial charge < -0.3 is 5.73 Å². The van der Waals surface area contributed by atoms with E-state index < -0.39 is 5.91 Å². The minimum absolute atomic E-state index is 0.127. The number of unbranched alkanes of at least 4 members (excludes halogenated alkanes) is 20. The van der Waals surface area contributed by atoms with Crippen LogP contribution in [0.1, 0.15) is 194 Å². The average molecular weight is 563 g/mol. The Hall–Kier alpha value is -1.16. The summed E-state index contributed by atoms with van der Waals surface area (Å²) < 4.78 is 0. The molecule has 0 aromatic heterocycles. The lowest BCUT2D eigenvalue weighted by Crippen LogP contribution is -2.35. The fourth-order valence-electron chi connectivity index (χ4n) is 5.67. The average Bonchev–Trinajstić information content (AvgIpc) is 2.95. The minimum atomic E-state index is -0.391. The quantitative estimate of drug-likeness (QED) is 0.0652. The molecule has 0 heterocycles. The molecule has 0 aromatic carbocycles. The Morgan fingerprint density at radius 3 is 1.32 bits per heavy atom. The first-order valence-electron chi connectivity index (χ1n) is 17.8. The molecular weight excluding hydrogens is 492 g/mol. The predicted molar refractivity (Wildman–Crippen MR) is 175 cm³/mol. The molecule has 0 aromatic rings. The molecule has 0 radical (unpaired) electrons. The lowest BCUT2D eigenvalue weighted by molar-refractivity contribution is -0.129. The first-order chi connectivity index (χ1) is 19.6. The standard InChI is InChI=1S/C36H70N2O2/c1-3-5-7-9-21-25-29-34(30-26-22-10-8-6-4-2)31-27-23-19-17-15-13-11-12-14-16-18-20-24-28-32-35(39)38-36(40)33-37/h11-12,34H,3-10,13-33,37H2,1-2H3,(H,38,39,40)/b12-11-. The van der Waals surface area contributed by atoms with Crippen LogP contribution < -0.4 is 11.1 Å². The van der Waals surface area contributed by atoms with Crippen molar-refractivity contribution in [2.24, 2.45) is 11.7 Å². The Bertz CT molecular complexity index is 559. The Morgan fingerprint density at radius 1 is 0.525 bits per heavy atom. The van der Waals surface area contributed by atoms with Gasteiger partial charge in [0.15, 0.2) is 0 Å². The Morgan fingerprint density at radius 2 is 0.900 bits per heavy atom. The van der Waals surface area contributed by atoms with E-state index in [1.54, 1.807) is 0 Å². The first-order valence-corrected chi connectivity index (χ1v) is 17.8. The van der Waals surface area contributed by atoms with Crippen LogP contribution in [0.3, 0.4) is 0 Å². The number of imide groups is 1. The number of rotatable bonds is 31.